The van der Waals surface area contributed by atoms with Gasteiger partial charge in [-0.1, -0.05) is 24.3 Å². The Morgan fingerprint density at radius 3 is 2.46 bits per heavy atom. The van der Waals surface area contributed by atoms with Crippen molar-refractivity contribution >= 4 is 5.91 Å². The van der Waals surface area contributed by atoms with Gasteiger partial charge in [0.15, 0.2) is 0 Å². The normalized spacial score (nSPS) is 11.1. The second-order valence-electron chi connectivity index (χ2n) is 6.07. The Kier molecular flexibility index (Phi) is 5.63. The van der Waals surface area contributed by atoms with E-state index in [2.05, 4.69) is 10.3 Å². The van der Waals surface area contributed by atoms with Gasteiger partial charge in [0.2, 0.25) is 0 Å². The van der Waals surface area contributed by atoms with Crippen molar-refractivity contribution in [2.45, 2.75) is 12.7 Å². The average Bonchev–Trinajstić information content (AvgIpc) is 2.72. The summed E-state index contributed by atoms with van der Waals surface area (Å²) >= 11 is 0. The van der Waals surface area contributed by atoms with Crippen molar-refractivity contribution in [2.24, 2.45) is 0 Å². The van der Waals surface area contributed by atoms with Gasteiger partial charge in [-0.25, -0.2) is 0 Å². The van der Waals surface area contributed by atoms with E-state index in [4.69, 9.17) is 4.74 Å². The summed E-state index contributed by atoms with van der Waals surface area (Å²) in [5.41, 5.74) is 1.54. The zero-order valence-electron chi connectivity index (χ0n) is 15.0. The van der Waals surface area contributed by atoms with E-state index in [0.717, 1.165) is 23.3 Å². The van der Waals surface area contributed by atoms with E-state index in [1.807, 2.05) is 12.1 Å². The topological polar surface area (TPSA) is 51.2 Å². The number of hydrogen-bond acceptors (Lipinski definition) is 3. The first-order valence-corrected chi connectivity index (χ1v) is 8.40. The molecule has 3 aromatic rings. The van der Waals surface area contributed by atoms with Crippen molar-refractivity contribution in [3.63, 3.8) is 0 Å². The second-order valence-corrected chi connectivity index (χ2v) is 6.07. The molecule has 0 bridgehead atoms. The molecular formula is C21H17F3N2O2. The Bertz CT molecular complexity index is 970. The van der Waals surface area contributed by atoms with Crippen LogP contribution in [0.5, 0.6) is 5.75 Å². The first-order chi connectivity index (χ1) is 13.4. The van der Waals surface area contributed by atoms with Crippen molar-refractivity contribution in [3.8, 4) is 16.9 Å². The molecule has 3 rings (SSSR count). The van der Waals surface area contributed by atoms with E-state index in [0.29, 0.717) is 16.9 Å². The molecule has 1 aromatic heterocycles. The van der Waals surface area contributed by atoms with Gasteiger partial charge in [-0.15, -0.1) is 0 Å². The lowest BCUT2D eigenvalue weighted by Gasteiger charge is -2.10. The summed E-state index contributed by atoms with van der Waals surface area (Å²) < 4.78 is 43.5. The van der Waals surface area contributed by atoms with Crippen molar-refractivity contribution in [1.82, 2.24) is 10.3 Å². The number of ether oxygens (including phenoxy) is 1. The lowest BCUT2D eigenvalue weighted by atomic mass is 10.1. The number of nitrogens with one attached hydrogen (secondary N) is 1. The predicted octanol–water partition coefficient (Wildman–Crippen LogP) is 4.71. The number of rotatable bonds is 5. The highest BCUT2D eigenvalue weighted by Crippen LogP contribution is 2.29. The molecule has 0 aliphatic heterocycles. The Labute approximate surface area is 160 Å². The maximum atomic E-state index is 12.8. The highest BCUT2D eigenvalue weighted by molar-refractivity contribution is 5.95. The predicted molar refractivity (Wildman–Crippen MR) is 98.8 cm³/mol. The summed E-state index contributed by atoms with van der Waals surface area (Å²) in [5, 5.41) is 2.62. The number of aromatic nitrogens is 1. The van der Waals surface area contributed by atoms with E-state index in [1.54, 1.807) is 31.5 Å². The van der Waals surface area contributed by atoms with E-state index < -0.39 is 17.6 Å². The van der Waals surface area contributed by atoms with Gasteiger partial charge < -0.3 is 10.1 Å². The molecule has 0 aliphatic carbocycles. The van der Waals surface area contributed by atoms with Gasteiger partial charge in [0, 0.05) is 24.5 Å². The first-order valence-electron chi connectivity index (χ1n) is 8.40. The van der Waals surface area contributed by atoms with Gasteiger partial charge in [0.25, 0.3) is 5.91 Å². The molecule has 0 fully saturated rings. The Morgan fingerprint density at radius 1 is 1.04 bits per heavy atom. The highest BCUT2D eigenvalue weighted by Gasteiger charge is 2.30. The quantitative estimate of drug-likeness (QED) is 0.691. The number of benzene rings is 2. The van der Waals surface area contributed by atoms with Gasteiger partial charge in [0.05, 0.1) is 18.2 Å². The van der Waals surface area contributed by atoms with E-state index in [9.17, 15) is 18.0 Å². The molecular weight excluding hydrogens is 369 g/mol. The number of amides is 1. The van der Waals surface area contributed by atoms with Crippen LogP contribution in [-0.4, -0.2) is 18.0 Å². The molecule has 144 valence electrons. The van der Waals surface area contributed by atoms with Gasteiger partial charge in [0.1, 0.15) is 5.75 Å². The molecule has 0 aliphatic rings. The van der Waals surface area contributed by atoms with Crippen molar-refractivity contribution in [3.05, 3.63) is 83.7 Å². The zero-order valence-corrected chi connectivity index (χ0v) is 15.0. The summed E-state index contributed by atoms with van der Waals surface area (Å²) in [7, 11) is 1.58. The monoisotopic (exact) mass is 386 g/mol. The minimum absolute atomic E-state index is 0.0183. The largest absolute Gasteiger partial charge is 0.497 e. The van der Waals surface area contributed by atoms with Crippen LogP contribution in [0.3, 0.4) is 0 Å². The molecule has 2 aromatic carbocycles. The molecule has 0 saturated carbocycles. The third-order valence-electron chi connectivity index (χ3n) is 4.13. The number of alkyl halides is 3. The fourth-order valence-corrected chi connectivity index (χ4v) is 2.65. The molecule has 0 atom stereocenters. The number of nitrogens with zero attached hydrogens (tertiary/aromatic N) is 1. The molecule has 1 amide bonds. The number of halogens is 3. The van der Waals surface area contributed by atoms with E-state index in [-0.39, 0.29) is 6.54 Å². The number of carbonyl (C=O) groups is 1. The van der Waals surface area contributed by atoms with Crippen molar-refractivity contribution in [2.75, 3.05) is 7.11 Å². The molecule has 0 spiro atoms. The lowest BCUT2D eigenvalue weighted by molar-refractivity contribution is -0.137. The second kappa shape index (κ2) is 8.12. The lowest BCUT2D eigenvalue weighted by Crippen LogP contribution is -2.23. The van der Waals surface area contributed by atoms with Gasteiger partial charge >= 0.3 is 6.18 Å². The van der Waals surface area contributed by atoms with Crippen LogP contribution in [0.2, 0.25) is 0 Å². The summed E-state index contributed by atoms with van der Waals surface area (Å²) in [5.74, 6) is 0.298. The molecule has 28 heavy (non-hydrogen) atoms. The summed E-state index contributed by atoms with van der Waals surface area (Å²) in [6.45, 7) is -0.0183. The standard InChI is InChI=1S/C21H17F3N2O2/c1-28-19-7-5-15(6-8-19)16-10-17(13-25-12-16)20(27)26-11-14-3-2-4-18(9-14)21(22,23)24/h2-10,12-13H,11H2,1H3,(H,26,27). The van der Waals surface area contributed by atoms with Crippen molar-refractivity contribution < 1.29 is 22.7 Å². The molecule has 4 nitrogen and oxygen atoms in total. The van der Waals surface area contributed by atoms with E-state index in [1.165, 1.54) is 18.3 Å². The Hall–Kier alpha value is -3.35. The van der Waals surface area contributed by atoms with Crippen LogP contribution < -0.4 is 10.1 Å². The summed E-state index contributed by atoms with van der Waals surface area (Å²) in [4.78, 5) is 16.5. The minimum Gasteiger partial charge on any atom is -0.497 e. The molecule has 0 unspecified atom stereocenters. The maximum Gasteiger partial charge on any atom is 0.416 e. The van der Waals surface area contributed by atoms with Gasteiger partial charge in [-0.05, 0) is 41.5 Å². The number of methoxy groups -OCH3 is 1. The van der Waals surface area contributed by atoms with Crippen LogP contribution >= 0.6 is 0 Å². The van der Waals surface area contributed by atoms with Crippen LogP contribution in [0.15, 0.2) is 67.0 Å². The Balaban J connectivity index is 1.71. The number of hydrogen-bond donors (Lipinski definition) is 1. The molecule has 7 heteroatoms. The van der Waals surface area contributed by atoms with Crippen LogP contribution in [0, 0.1) is 0 Å². The number of pyridine rings is 1. The third kappa shape index (κ3) is 4.68. The zero-order chi connectivity index (χ0) is 20.1. The van der Waals surface area contributed by atoms with Crippen LogP contribution in [0.4, 0.5) is 13.2 Å². The summed E-state index contributed by atoms with van der Waals surface area (Å²) in [6, 6.07) is 13.8. The molecule has 1 heterocycles. The smallest absolute Gasteiger partial charge is 0.416 e. The first kappa shape index (κ1) is 19.4. The molecule has 1 N–H and O–H groups in total. The fourth-order valence-electron chi connectivity index (χ4n) is 2.65. The van der Waals surface area contributed by atoms with Gasteiger partial charge in [-0.3, -0.25) is 9.78 Å². The number of carbonyl (C=O) groups excluding carboxylic acids is 1. The fraction of sp³-hybridized carbons (Fsp3) is 0.143. The molecule has 0 saturated heterocycles. The van der Waals surface area contributed by atoms with Crippen molar-refractivity contribution in [1.29, 1.82) is 0 Å². The third-order valence-corrected chi connectivity index (χ3v) is 4.13. The summed E-state index contributed by atoms with van der Waals surface area (Å²) in [6.07, 6.45) is -1.38. The van der Waals surface area contributed by atoms with E-state index >= 15 is 0 Å². The van der Waals surface area contributed by atoms with Crippen LogP contribution in [0.1, 0.15) is 21.5 Å². The van der Waals surface area contributed by atoms with Crippen LogP contribution in [0.25, 0.3) is 11.1 Å². The minimum atomic E-state index is -4.42. The average molecular weight is 386 g/mol. The highest BCUT2D eigenvalue weighted by atomic mass is 19.4. The van der Waals surface area contributed by atoms with Gasteiger partial charge in [-0.2, -0.15) is 13.2 Å². The maximum absolute atomic E-state index is 12.8. The molecule has 0 radical (unpaired) electrons. The Morgan fingerprint density at radius 2 is 1.79 bits per heavy atom. The van der Waals surface area contributed by atoms with Crippen LogP contribution in [-0.2, 0) is 12.7 Å². The SMILES string of the molecule is COc1ccc(-c2cncc(C(=O)NCc3cccc(C(F)(F)F)c3)c2)cc1.